The molecule has 1 atom stereocenters. The van der Waals surface area contributed by atoms with Gasteiger partial charge in [-0.1, -0.05) is 66.7 Å². The van der Waals surface area contributed by atoms with E-state index in [1.807, 2.05) is 60.7 Å². The molecule has 0 aliphatic rings. The molecular formula is C26H26N2O6. The number of methoxy groups -OCH3 is 2. The SMILES string of the molecule is COC(=O)[C@H](Cc1ccc(OC)c([N+](=O)[O-])c1)NC(=O)C(C)(c1ccccc1)c1ccccc1. The van der Waals surface area contributed by atoms with Gasteiger partial charge in [-0.25, -0.2) is 4.79 Å². The monoisotopic (exact) mass is 462 g/mol. The lowest BCUT2D eigenvalue weighted by Gasteiger charge is -2.31. The number of nitro groups is 1. The molecule has 1 amide bonds. The molecule has 0 spiro atoms. The fraction of sp³-hybridized carbons (Fsp3) is 0.231. The van der Waals surface area contributed by atoms with Crippen molar-refractivity contribution in [1.82, 2.24) is 5.32 Å². The number of hydrogen-bond acceptors (Lipinski definition) is 6. The number of benzene rings is 3. The zero-order valence-corrected chi connectivity index (χ0v) is 19.2. The molecule has 3 aromatic carbocycles. The van der Waals surface area contributed by atoms with E-state index < -0.39 is 28.3 Å². The number of carbonyl (C=O) groups is 2. The fourth-order valence-corrected chi connectivity index (χ4v) is 3.85. The second-order valence-electron chi connectivity index (χ2n) is 7.87. The van der Waals surface area contributed by atoms with Crippen LogP contribution in [0.25, 0.3) is 0 Å². The summed E-state index contributed by atoms with van der Waals surface area (Å²) in [7, 11) is 2.57. The topological polar surface area (TPSA) is 108 Å². The molecule has 0 aromatic heterocycles. The summed E-state index contributed by atoms with van der Waals surface area (Å²) in [5, 5.41) is 14.2. The number of esters is 1. The maximum atomic E-state index is 13.7. The van der Waals surface area contributed by atoms with E-state index in [1.165, 1.54) is 26.4 Å². The minimum absolute atomic E-state index is 0.00288. The van der Waals surface area contributed by atoms with E-state index >= 15 is 0 Å². The van der Waals surface area contributed by atoms with E-state index in [9.17, 15) is 19.7 Å². The first kappa shape index (κ1) is 24.4. The molecule has 8 nitrogen and oxygen atoms in total. The Bertz CT molecular complexity index is 1120. The minimum Gasteiger partial charge on any atom is -0.490 e. The van der Waals surface area contributed by atoms with Crippen LogP contribution in [-0.2, 0) is 26.2 Å². The zero-order chi connectivity index (χ0) is 24.7. The summed E-state index contributed by atoms with van der Waals surface area (Å²) in [6.45, 7) is 1.79. The highest BCUT2D eigenvalue weighted by Crippen LogP contribution is 2.33. The van der Waals surface area contributed by atoms with Gasteiger partial charge in [0.05, 0.1) is 24.6 Å². The quantitative estimate of drug-likeness (QED) is 0.294. The van der Waals surface area contributed by atoms with Crippen LogP contribution >= 0.6 is 0 Å². The van der Waals surface area contributed by atoms with Gasteiger partial charge in [-0.2, -0.15) is 0 Å². The molecule has 3 rings (SSSR count). The molecule has 34 heavy (non-hydrogen) atoms. The van der Waals surface area contributed by atoms with Gasteiger partial charge >= 0.3 is 11.7 Å². The maximum absolute atomic E-state index is 13.7. The van der Waals surface area contributed by atoms with Crippen LogP contribution in [0.15, 0.2) is 78.9 Å². The number of rotatable bonds is 9. The Balaban J connectivity index is 1.97. The van der Waals surface area contributed by atoms with Gasteiger partial charge in [0.15, 0.2) is 5.75 Å². The van der Waals surface area contributed by atoms with Crippen molar-refractivity contribution in [2.45, 2.75) is 24.8 Å². The molecule has 3 aromatic rings. The summed E-state index contributed by atoms with van der Waals surface area (Å²) in [4.78, 5) is 37.1. The van der Waals surface area contributed by atoms with Crippen LogP contribution in [0, 0.1) is 10.1 Å². The second-order valence-corrected chi connectivity index (χ2v) is 7.87. The Kier molecular flexibility index (Phi) is 7.63. The average molecular weight is 463 g/mol. The highest BCUT2D eigenvalue weighted by Gasteiger charge is 2.39. The molecule has 1 N–H and O–H groups in total. The first-order chi connectivity index (χ1) is 16.3. The van der Waals surface area contributed by atoms with E-state index in [1.54, 1.807) is 13.0 Å². The Morgan fingerprint density at radius 1 is 0.971 bits per heavy atom. The molecule has 0 fully saturated rings. The number of amides is 1. The van der Waals surface area contributed by atoms with Crippen LogP contribution in [0.5, 0.6) is 5.75 Å². The van der Waals surface area contributed by atoms with Crippen molar-refractivity contribution in [3.63, 3.8) is 0 Å². The van der Waals surface area contributed by atoms with Crippen LogP contribution in [-0.4, -0.2) is 37.1 Å². The molecule has 0 saturated heterocycles. The highest BCUT2D eigenvalue weighted by molar-refractivity contribution is 5.94. The second kappa shape index (κ2) is 10.6. The van der Waals surface area contributed by atoms with Crippen molar-refractivity contribution >= 4 is 17.6 Å². The third kappa shape index (κ3) is 5.06. The van der Waals surface area contributed by atoms with Gasteiger partial charge in [-0.3, -0.25) is 14.9 Å². The van der Waals surface area contributed by atoms with Crippen molar-refractivity contribution in [1.29, 1.82) is 0 Å². The van der Waals surface area contributed by atoms with Crippen LogP contribution in [0.1, 0.15) is 23.6 Å². The summed E-state index contributed by atoms with van der Waals surface area (Å²) >= 11 is 0. The molecule has 0 aliphatic heterocycles. The lowest BCUT2D eigenvalue weighted by Crippen LogP contribution is -2.51. The van der Waals surface area contributed by atoms with Gasteiger partial charge in [0.25, 0.3) is 0 Å². The normalized spacial score (nSPS) is 11.9. The highest BCUT2D eigenvalue weighted by atomic mass is 16.6. The summed E-state index contributed by atoms with van der Waals surface area (Å²) in [6, 6.07) is 21.9. The Labute approximate surface area is 197 Å². The standard InChI is InChI=1S/C26H26N2O6/c1-26(19-10-6-4-7-11-19,20-12-8-5-9-13-20)25(30)27-21(24(29)34-3)16-18-14-15-23(33-2)22(17-18)28(31)32/h4-15,17,21H,16H2,1-3H3,(H,27,30)/t21-/m0/s1. The van der Waals surface area contributed by atoms with Crippen LogP contribution in [0.2, 0.25) is 0 Å². The Morgan fingerprint density at radius 3 is 2.00 bits per heavy atom. The summed E-state index contributed by atoms with van der Waals surface area (Å²) < 4.78 is 9.96. The van der Waals surface area contributed by atoms with Crippen molar-refractivity contribution in [3.05, 3.63) is 106 Å². The summed E-state index contributed by atoms with van der Waals surface area (Å²) in [6.07, 6.45) is 0.00288. The lowest BCUT2D eigenvalue weighted by molar-refractivity contribution is -0.385. The smallest absolute Gasteiger partial charge is 0.328 e. The molecule has 8 heteroatoms. The van der Waals surface area contributed by atoms with Crippen LogP contribution < -0.4 is 10.1 Å². The number of nitrogens with one attached hydrogen (secondary N) is 1. The van der Waals surface area contributed by atoms with Gasteiger partial charge in [-0.05, 0) is 29.7 Å². The van der Waals surface area contributed by atoms with Crippen molar-refractivity contribution in [3.8, 4) is 5.75 Å². The van der Waals surface area contributed by atoms with E-state index in [2.05, 4.69) is 5.32 Å². The van der Waals surface area contributed by atoms with Crippen LogP contribution in [0.3, 0.4) is 0 Å². The number of carbonyl (C=O) groups excluding carboxylic acids is 2. The van der Waals surface area contributed by atoms with Gasteiger partial charge < -0.3 is 14.8 Å². The van der Waals surface area contributed by atoms with Gasteiger partial charge in [0.1, 0.15) is 6.04 Å². The number of nitrogens with zero attached hydrogens (tertiary/aromatic N) is 1. The minimum atomic E-state index is -1.10. The third-order valence-electron chi connectivity index (χ3n) is 5.83. The fourth-order valence-electron chi connectivity index (χ4n) is 3.85. The molecular weight excluding hydrogens is 436 g/mol. The number of hydrogen-bond donors (Lipinski definition) is 1. The predicted octanol–water partition coefficient (Wildman–Crippen LogP) is 3.81. The maximum Gasteiger partial charge on any atom is 0.328 e. The zero-order valence-electron chi connectivity index (χ0n) is 19.2. The van der Waals surface area contributed by atoms with E-state index in [0.717, 1.165) is 11.1 Å². The van der Waals surface area contributed by atoms with E-state index in [0.29, 0.717) is 5.56 Å². The van der Waals surface area contributed by atoms with E-state index in [-0.39, 0.29) is 17.9 Å². The predicted molar refractivity (Wildman–Crippen MR) is 127 cm³/mol. The first-order valence-corrected chi connectivity index (χ1v) is 10.6. The van der Waals surface area contributed by atoms with Crippen molar-refractivity contribution in [2.75, 3.05) is 14.2 Å². The summed E-state index contributed by atoms with van der Waals surface area (Å²) in [5.41, 5.74) is 0.656. The molecule has 176 valence electrons. The lowest BCUT2D eigenvalue weighted by atomic mass is 9.75. The van der Waals surface area contributed by atoms with Crippen molar-refractivity contribution < 1.29 is 24.0 Å². The molecule has 0 saturated carbocycles. The molecule has 0 bridgehead atoms. The van der Waals surface area contributed by atoms with Gasteiger partial charge in [-0.15, -0.1) is 0 Å². The molecule has 0 heterocycles. The molecule has 0 aliphatic carbocycles. The van der Waals surface area contributed by atoms with E-state index in [4.69, 9.17) is 9.47 Å². The Morgan fingerprint density at radius 2 is 1.53 bits per heavy atom. The molecule has 0 unspecified atom stereocenters. The third-order valence-corrected chi connectivity index (χ3v) is 5.83. The van der Waals surface area contributed by atoms with Crippen LogP contribution in [0.4, 0.5) is 5.69 Å². The number of ether oxygens (including phenoxy) is 2. The summed E-state index contributed by atoms with van der Waals surface area (Å²) in [5.74, 6) is -0.952. The Hall–Kier alpha value is -4.20. The first-order valence-electron chi connectivity index (χ1n) is 10.6. The molecule has 0 radical (unpaired) electrons. The average Bonchev–Trinajstić information content (AvgIpc) is 2.88. The largest absolute Gasteiger partial charge is 0.490 e. The van der Waals surface area contributed by atoms with Gasteiger partial charge in [0, 0.05) is 12.5 Å². The van der Waals surface area contributed by atoms with Gasteiger partial charge in [0.2, 0.25) is 5.91 Å². The van der Waals surface area contributed by atoms with Crippen molar-refractivity contribution in [2.24, 2.45) is 0 Å². The number of nitro benzene ring substituents is 1.